The van der Waals surface area contributed by atoms with Crippen molar-refractivity contribution in [1.82, 2.24) is 20.5 Å². The van der Waals surface area contributed by atoms with Crippen molar-refractivity contribution >= 4 is 5.91 Å². The zero-order valence-electron chi connectivity index (χ0n) is 9.42. The molecule has 7 heteroatoms. The second-order valence-corrected chi connectivity index (χ2v) is 3.64. The first kappa shape index (κ1) is 11.9. The largest absolute Gasteiger partial charge is 0.504 e. The fourth-order valence-electron chi connectivity index (χ4n) is 1.41. The van der Waals surface area contributed by atoms with E-state index in [1.807, 2.05) is 0 Å². The Balaban J connectivity index is 1.89. The molecule has 1 aromatic heterocycles. The molecule has 0 aliphatic heterocycles. The minimum atomic E-state index is -0.329. The van der Waals surface area contributed by atoms with Gasteiger partial charge in [0.15, 0.2) is 11.5 Å². The summed E-state index contributed by atoms with van der Waals surface area (Å²) in [6, 6.07) is 3.90. The lowest BCUT2D eigenvalue weighted by molar-refractivity contribution is 0.0953. The number of carbonyl (C=O) groups is 1. The topological polar surface area (TPSA) is 111 Å². The van der Waals surface area contributed by atoms with Crippen LogP contribution in [0.2, 0.25) is 0 Å². The van der Waals surface area contributed by atoms with Gasteiger partial charge in [0.2, 0.25) is 0 Å². The number of H-pyrrole nitrogens is 1. The van der Waals surface area contributed by atoms with E-state index in [4.69, 9.17) is 5.11 Å². The van der Waals surface area contributed by atoms with Crippen LogP contribution in [0.25, 0.3) is 0 Å². The molecule has 0 bridgehead atoms. The van der Waals surface area contributed by atoms with Crippen LogP contribution >= 0.6 is 0 Å². The highest BCUT2D eigenvalue weighted by atomic mass is 16.3. The van der Waals surface area contributed by atoms with Crippen molar-refractivity contribution in [2.75, 3.05) is 6.54 Å². The smallest absolute Gasteiger partial charge is 0.251 e. The number of aromatic hydroxyl groups is 2. The summed E-state index contributed by atoms with van der Waals surface area (Å²) in [7, 11) is 0. The van der Waals surface area contributed by atoms with Gasteiger partial charge in [-0.15, -0.1) is 0 Å². The van der Waals surface area contributed by atoms with Gasteiger partial charge < -0.3 is 15.5 Å². The molecule has 1 aromatic carbocycles. The standard InChI is InChI=1S/C11H12N4O3/c16-8-2-1-7(5-9(8)17)11(18)12-4-3-10-13-6-14-15-10/h1-2,5-6,16-17H,3-4H2,(H,12,18)(H,13,14,15). The zero-order valence-corrected chi connectivity index (χ0v) is 9.42. The number of phenols is 2. The van der Waals surface area contributed by atoms with E-state index in [0.717, 1.165) is 0 Å². The van der Waals surface area contributed by atoms with Crippen molar-refractivity contribution in [2.24, 2.45) is 0 Å². The summed E-state index contributed by atoms with van der Waals surface area (Å²) >= 11 is 0. The predicted molar refractivity (Wildman–Crippen MR) is 62.2 cm³/mol. The molecule has 0 unspecified atom stereocenters. The summed E-state index contributed by atoms with van der Waals surface area (Å²) in [6.45, 7) is 0.398. The monoisotopic (exact) mass is 248 g/mol. The minimum absolute atomic E-state index is 0.256. The highest BCUT2D eigenvalue weighted by Gasteiger charge is 2.08. The third-order valence-corrected chi connectivity index (χ3v) is 2.35. The average Bonchev–Trinajstić information content (AvgIpc) is 2.85. The summed E-state index contributed by atoms with van der Waals surface area (Å²) in [5, 5.41) is 27.4. The van der Waals surface area contributed by atoms with Gasteiger partial charge in [0.25, 0.3) is 5.91 Å². The van der Waals surface area contributed by atoms with Crippen LogP contribution < -0.4 is 5.32 Å². The van der Waals surface area contributed by atoms with Gasteiger partial charge >= 0.3 is 0 Å². The molecule has 1 heterocycles. The number of hydrogen-bond donors (Lipinski definition) is 4. The molecule has 0 saturated heterocycles. The van der Waals surface area contributed by atoms with E-state index in [0.29, 0.717) is 18.8 Å². The Hall–Kier alpha value is -2.57. The zero-order chi connectivity index (χ0) is 13.0. The third kappa shape index (κ3) is 2.76. The summed E-state index contributed by atoms with van der Waals surface area (Å²) < 4.78 is 0. The molecule has 0 radical (unpaired) electrons. The highest BCUT2D eigenvalue weighted by molar-refractivity contribution is 5.94. The Morgan fingerprint density at radius 2 is 2.17 bits per heavy atom. The summed E-state index contributed by atoms with van der Waals surface area (Å²) in [6.07, 6.45) is 1.94. The molecule has 0 saturated carbocycles. The normalized spacial score (nSPS) is 10.2. The molecule has 0 fully saturated rings. The molecule has 2 rings (SSSR count). The van der Waals surface area contributed by atoms with Crippen molar-refractivity contribution in [3.8, 4) is 11.5 Å². The molecule has 0 atom stereocenters. The predicted octanol–water partition coefficient (Wildman–Crippen LogP) is 0.188. The van der Waals surface area contributed by atoms with Gasteiger partial charge in [-0.2, -0.15) is 5.10 Å². The van der Waals surface area contributed by atoms with E-state index in [9.17, 15) is 9.90 Å². The molecule has 0 aliphatic carbocycles. The third-order valence-electron chi connectivity index (χ3n) is 2.35. The van der Waals surface area contributed by atoms with Crippen LogP contribution in [0.1, 0.15) is 16.2 Å². The Morgan fingerprint density at radius 1 is 1.33 bits per heavy atom. The van der Waals surface area contributed by atoms with Gasteiger partial charge in [-0.3, -0.25) is 9.89 Å². The van der Waals surface area contributed by atoms with Gasteiger partial charge in [-0.05, 0) is 18.2 Å². The number of rotatable bonds is 4. The maximum Gasteiger partial charge on any atom is 0.251 e. The van der Waals surface area contributed by atoms with Crippen molar-refractivity contribution < 1.29 is 15.0 Å². The highest BCUT2D eigenvalue weighted by Crippen LogP contribution is 2.24. The van der Waals surface area contributed by atoms with E-state index >= 15 is 0 Å². The first-order valence-corrected chi connectivity index (χ1v) is 5.31. The van der Waals surface area contributed by atoms with Crippen LogP contribution in [0.5, 0.6) is 11.5 Å². The van der Waals surface area contributed by atoms with E-state index in [1.54, 1.807) is 0 Å². The van der Waals surface area contributed by atoms with Crippen LogP contribution in [0, 0.1) is 0 Å². The van der Waals surface area contributed by atoms with Gasteiger partial charge in [0.1, 0.15) is 12.2 Å². The number of nitrogens with one attached hydrogen (secondary N) is 2. The van der Waals surface area contributed by atoms with Crippen LogP contribution in [0.4, 0.5) is 0 Å². The van der Waals surface area contributed by atoms with Gasteiger partial charge in [-0.25, -0.2) is 4.98 Å². The van der Waals surface area contributed by atoms with Gasteiger partial charge in [0.05, 0.1) is 0 Å². The quantitative estimate of drug-likeness (QED) is 0.577. The molecule has 7 nitrogen and oxygen atoms in total. The summed E-state index contributed by atoms with van der Waals surface area (Å²) in [5.41, 5.74) is 0.280. The fourth-order valence-corrected chi connectivity index (χ4v) is 1.41. The summed E-state index contributed by atoms with van der Waals surface area (Å²) in [5.74, 6) is -0.222. The van der Waals surface area contributed by atoms with Gasteiger partial charge in [-0.1, -0.05) is 0 Å². The first-order valence-electron chi connectivity index (χ1n) is 5.31. The van der Waals surface area contributed by atoms with Gasteiger partial charge in [0, 0.05) is 18.5 Å². The molecule has 18 heavy (non-hydrogen) atoms. The lowest BCUT2D eigenvalue weighted by Gasteiger charge is -2.05. The number of aromatic nitrogens is 3. The molecule has 2 aromatic rings. The average molecular weight is 248 g/mol. The SMILES string of the molecule is O=C(NCCc1ncn[nH]1)c1ccc(O)c(O)c1. The number of phenolic OH excluding ortho intramolecular Hbond substituents is 2. The fraction of sp³-hybridized carbons (Fsp3) is 0.182. The second kappa shape index (κ2) is 5.17. The van der Waals surface area contributed by atoms with E-state index in [-0.39, 0.29) is 23.0 Å². The second-order valence-electron chi connectivity index (χ2n) is 3.64. The Bertz CT molecular complexity index is 539. The lowest BCUT2D eigenvalue weighted by atomic mass is 10.2. The maximum atomic E-state index is 11.7. The van der Waals surface area contributed by atoms with Crippen molar-refractivity contribution in [2.45, 2.75) is 6.42 Å². The number of carbonyl (C=O) groups excluding carboxylic acids is 1. The minimum Gasteiger partial charge on any atom is -0.504 e. The summed E-state index contributed by atoms with van der Waals surface area (Å²) in [4.78, 5) is 15.6. The first-order chi connectivity index (χ1) is 8.66. The van der Waals surface area contributed by atoms with Crippen molar-refractivity contribution in [3.05, 3.63) is 35.9 Å². The maximum absolute atomic E-state index is 11.7. The number of hydrogen-bond acceptors (Lipinski definition) is 5. The molecule has 94 valence electrons. The molecular weight excluding hydrogens is 236 g/mol. The number of amides is 1. The number of aromatic amines is 1. The number of nitrogens with zero attached hydrogens (tertiary/aromatic N) is 2. The molecule has 1 amide bonds. The van der Waals surface area contributed by atoms with E-state index < -0.39 is 0 Å². The Morgan fingerprint density at radius 3 is 2.83 bits per heavy atom. The Kier molecular flexibility index (Phi) is 3.42. The number of benzene rings is 1. The van der Waals surface area contributed by atoms with Crippen LogP contribution in [-0.4, -0.2) is 37.8 Å². The molecule has 4 N–H and O–H groups in total. The van der Waals surface area contributed by atoms with Crippen molar-refractivity contribution in [3.63, 3.8) is 0 Å². The van der Waals surface area contributed by atoms with Crippen molar-refractivity contribution in [1.29, 1.82) is 0 Å². The van der Waals surface area contributed by atoms with Crippen LogP contribution in [-0.2, 0) is 6.42 Å². The van der Waals surface area contributed by atoms with Crippen LogP contribution in [0.3, 0.4) is 0 Å². The molecule has 0 spiro atoms. The molecule has 0 aliphatic rings. The Labute approximate surface area is 103 Å². The molecular formula is C11H12N4O3. The van der Waals surface area contributed by atoms with E-state index in [1.165, 1.54) is 24.5 Å². The van der Waals surface area contributed by atoms with Crippen LogP contribution in [0.15, 0.2) is 24.5 Å². The lowest BCUT2D eigenvalue weighted by Crippen LogP contribution is -2.25. The van der Waals surface area contributed by atoms with E-state index in [2.05, 4.69) is 20.5 Å².